The highest BCUT2D eigenvalue weighted by atomic mass is 32.2. The molecule has 0 saturated carbocycles. The average molecular weight is 472 g/mol. The third-order valence-corrected chi connectivity index (χ3v) is 5.96. The van der Waals surface area contributed by atoms with Gasteiger partial charge in [-0.05, 0) is 26.8 Å². The van der Waals surface area contributed by atoms with Crippen LogP contribution >= 0.6 is 0 Å². The van der Waals surface area contributed by atoms with Crippen LogP contribution in [0.2, 0.25) is 0 Å². The normalized spacial score (nSPS) is 12.0. The Balaban J connectivity index is 2.43. The zero-order valence-electron chi connectivity index (χ0n) is 17.4. The Morgan fingerprint density at radius 1 is 1.31 bits per heavy atom. The maximum absolute atomic E-state index is 13.6. The number of carbonyl (C=O) groups is 1. The van der Waals surface area contributed by atoms with Crippen LogP contribution in [0.3, 0.4) is 0 Å². The number of hydrogen-bond donors (Lipinski definition) is 1. The molecule has 0 aliphatic carbocycles. The number of carbonyl (C=O) groups excluding carboxylic acids is 1. The first-order valence-corrected chi connectivity index (χ1v) is 10.6. The lowest BCUT2D eigenvalue weighted by Crippen LogP contribution is -2.41. The van der Waals surface area contributed by atoms with Gasteiger partial charge in [-0.3, -0.25) is 29.3 Å². The van der Waals surface area contributed by atoms with Crippen LogP contribution in [0.1, 0.15) is 20.8 Å². The van der Waals surface area contributed by atoms with Crippen molar-refractivity contribution in [3.63, 3.8) is 0 Å². The van der Waals surface area contributed by atoms with Crippen molar-refractivity contribution in [1.29, 1.82) is 0 Å². The number of aromatic nitrogens is 2. The van der Waals surface area contributed by atoms with E-state index in [0.717, 1.165) is 24.3 Å². The predicted octanol–water partition coefficient (Wildman–Crippen LogP) is 0.822. The van der Waals surface area contributed by atoms with Gasteiger partial charge in [0, 0.05) is 12.1 Å². The first kappa shape index (κ1) is 24.9. The highest BCUT2D eigenvalue weighted by Gasteiger charge is 2.28. The molecular formula is C18H21FN4O8S. The molecule has 1 heterocycles. The number of benzene rings is 1. The first-order valence-electron chi connectivity index (χ1n) is 9.14. The number of nitrogens with zero attached hydrogens (tertiary/aromatic N) is 3. The molecule has 0 saturated heterocycles. The molecule has 1 aromatic carbocycles. The van der Waals surface area contributed by atoms with Gasteiger partial charge in [0.15, 0.2) is 0 Å². The lowest BCUT2D eigenvalue weighted by atomic mass is 9.97. The van der Waals surface area contributed by atoms with Gasteiger partial charge in [0.25, 0.3) is 11.2 Å². The maximum Gasteiger partial charge on any atom is 0.329 e. The lowest BCUT2D eigenvalue weighted by Gasteiger charge is -2.24. The van der Waals surface area contributed by atoms with Crippen LogP contribution in [-0.4, -0.2) is 46.3 Å². The van der Waals surface area contributed by atoms with Gasteiger partial charge >= 0.3 is 11.7 Å². The van der Waals surface area contributed by atoms with Crippen LogP contribution in [0, 0.1) is 21.3 Å². The summed E-state index contributed by atoms with van der Waals surface area (Å²) in [5.74, 6) is -1.94. The van der Waals surface area contributed by atoms with Gasteiger partial charge in [0.1, 0.15) is 6.61 Å². The van der Waals surface area contributed by atoms with E-state index in [-0.39, 0.29) is 0 Å². The Labute approximate surface area is 181 Å². The van der Waals surface area contributed by atoms with Crippen molar-refractivity contribution in [3.05, 3.63) is 67.2 Å². The van der Waals surface area contributed by atoms with Crippen LogP contribution in [0.25, 0.3) is 0 Å². The second-order valence-electron chi connectivity index (χ2n) is 7.67. The summed E-state index contributed by atoms with van der Waals surface area (Å²) in [5.41, 5.74) is -3.71. The molecule has 0 radical (unpaired) electrons. The summed E-state index contributed by atoms with van der Waals surface area (Å²) in [4.78, 5) is 46.7. The number of H-pyrrole nitrogens is 1. The van der Waals surface area contributed by atoms with E-state index in [9.17, 15) is 37.3 Å². The Bertz CT molecular complexity index is 1250. The number of ether oxygens (including phenoxy) is 1. The van der Waals surface area contributed by atoms with Crippen LogP contribution in [-0.2, 0) is 26.2 Å². The average Bonchev–Trinajstić information content (AvgIpc) is 2.70. The molecule has 0 spiro atoms. The Morgan fingerprint density at radius 2 is 1.97 bits per heavy atom. The first-order chi connectivity index (χ1) is 14.7. The van der Waals surface area contributed by atoms with E-state index >= 15 is 0 Å². The topological polar surface area (TPSA) is 162 Å². The van der Waals surface area contributed by atoms with E-state index in [0.29, 0.717) is 15.1 Å². The molecule has 0 aliphatic rings. The molecule has 12 nitrogen and oxygen atoms in total. The number of non-ortho nitro benzene ring substituents is 1. The fourth-order valence-corrected chi connectivity index (χ4v) is 3.80. The highest BCUT2D eigenvalue weighted by molar-refractivity contribution is 7.89. The molecular weight excluding hydrogens is 451 g/mol. The molecule has 0 atom stereocenters. The molecule has 14 heteroatoms. The molecule has 2 rings (SSSR count). The van der Waals surface area contributed by atoms with Gasteiger partial charge in [-0.2, -0.15) is 8.70 Å². The summed E-state index contributed by atoms with van der Waals surface area (Å²) in [5, 5.41) is 11.0. The largest absolute Gasteiger partial charge is 0.464 e. The molecule has 0 bridgehead atoms. The van der Waals surface area contributed by atoms with Gasteiger partial charge in [-0.1, -0.05) is 6.07 Å². The summed E-state index contributed by atoms with van der Waals surface area (Å²) in [6.45, 7) is 3.15. The monoisotopic (exact) mass is 472 g/mol. The van der Waals surface area contributed by atoms with Crippen LogP contribution in [0.15, 0.2) is 44.9 Å². The zero-order chi connectivity index (χ0) is 24.3. The zero-order valence-corrected chi connectivity index (χ0v) is 18.2. The van der Waals surface area contributed by atoms with Crippen LogP contribution in [0.5, 0.6) is 0 Å². The van der Waals surface area contributed by atoms with Crippen LogP contribution in [0.4, 0.5) is 10.1 Å². The Morgan fingerprint density at radius 3 is 2.56 bits per heavy atom. The molecule has 2 aromatic rings. The molecule has 1 N–H and O–H groups in total. The van der Waals surface area contributed by atoms with Crippen molar-refractivity contribution >= 4 is 21.7 Å². The number of nitro groups is 1. The molecule has 0 aliphatic heterocycles. The number of nitro benzene ring substituents is 1. The van der Waals surface area contributed by atoms with Crippen molar-refractivity contribution in [3.8, 4) is 0 Å². The number of rotatable bonds is 8. The van der Waals surface area contributed by atoms with Gasteiger partial charge in [-0.15, -0.1) is 0 Å². The SMILES string of the molecule is CC(C)(C)C(=O)OCCN(Cn1cc(F)c(=O)[nH]c1=O)S(=O)(=O)c1cccc([N+](=O)[O-])c1. The predicted molar refractivity (Wildman–Crippen MR) is 109 cm³/mol. The third kappa shape index (κ3) is 5.85. The maximum atomic E-state index is 13.6. The fraction of sp³-hybridized carbons (Fsp3) is 0.389. The molecule has 32 heavy (non-hydrogen) atoms. The van der Waals surface area contributed by atoms with E-state index in [2.05, 4.69) is 0 Å². The third-order valence-electron chi connectivity index (χ3n) is 4.13. The van der Waals surface area contributed by atoms with Crippen molar-refractivity contribution in [1.82, 2.24) is 13.9 Å². The Hall–Kier alpha value is -3.39. The number of aromatic amines is 1. The van der Waals surface area contributed by atoms with E-state index in [1.165, 1.54) is 0 Å². The summed E-state index contributed by atoms with van der Waals surface area (Å²) in [6, 6.07) is 4.18. The number of nitrogens with one attached hydrogen (secondary N) is 1. The standard InChI is InChI=1S/C18H21FN4O8S/c1-18(2,3)16(25)31-8-7-22(11-21-10-14(19)15(24)20-17(21)26)32(29,30)13-6-4-5-12(9-13)23(27)28/h4-6,9-10H,7-8,11H2,1-3H3,(H,20,24,26). The number of hydrogen-bond acceptors (Lipinski definition) is 8. The van der Waals surface area contributed by atoms with E-state index in [4.69, 9.17) is 4.74 Å². The minimum atomic E-state index is -4.47. The van der Waals surface area contributed by atoms with Crippen LogP contribution < -0.4 is 11.2 Å². The fourth-order valence-electron chi connectivity index (χ4n) is 2.39. The van der Waals surface area contributed by atoms with E-state index in [1.54, 1.807) is 25.8 Å². The quantitative estimate of drug-likeness (QED) is 0.335. The number of sulfonamides is 1. The van der Waals surface area contributed by atoms with Crippen molar-refractivity contribution in [2.75, 3.05) is 13.2 Å². The smallest absolute Gasteiger partial charge is 0.329 e. The second kappa shape index (κ2) is 9.40. The highest BCUT2D eigenvalue weighted by Crippen LogP contribution is 2.22. The molecule has 1 aromatic heterocycles. The van der Waals surface area contributed by atoms with E-state index in [1.807, 2.05) is 0 Å². The second-order valence-corrected chi connectivity index (χ2v) is 9.61. The molecule has 0 fully saturated rings. The minimum absolute atomic E-state index is 0.412. The van der Waals surface area contributed by atoms with Gasteiger partial charge in [-0.25, -0.2) is 13.2 Å². The number of esters is 1. The van der Waals surface area contributed by atoms with Crippen molar-refractivity contribution in [2.24, 2.45) is 5.41 Å². The van der Waals surface area contributed by atoms with E-state index < -0.39 is 73.8 Å². The Kier molecular flexibility index (Phi) is 7.31. The van der Waals surface area contributed by atoms with Gasteiger partial charge < -0.3 is 4.74 Å². The number of halogens is 1. The summed E-state index contributed by atoms with van der Waals surface area (Å²) in [6.07, 6.45) is 0.526. The summed E-state index contributed by atoms with van der Waals surface area (Å²) in [7, 11) is -4.47. The van der Waals surface area contributed by atoms with Gasteiger partial charge in [0.2, 0.25) is 15.8 Å². The van der Waals surface area contributed by atoms with Crippen molar-refractivity contribution in [2.45, 2.75) is 32.3 Å². The molecule has 0 unspecified atom stereocenters. The lowest BCUT2D eigenvalue weighted by molar-refractivity contribution is -0.385. The summed E-state index contributed by atoms with van der Waals surface area (Å²) >= 11 is 0. The molecule has 174 valence electrons. The summed E-state index contributed by atoms with van der Waals surface area (Å²) < 4.78 is 46.2. The van der Waals surface area contributed by atoms with Crippen molar-refractivity contribution < 1.29 is 27.3 Å². The van der Waals surface area contributed by atoms with Gasteiger partial charge in [0.05, 0.1) is 34.6 Å². The molecule has 0 amide bonds. The minimum Gasteiger partial charge on any atom is -0.464 e.